The molecule has 2 rings (SSSR count). The lowest BCUT2D eigenvalue weighted by molar-refractivity contribution is -0.911. The van der Waals surface area contributed by atoms with Crippen molar-refractivity contribution in [2.75, 3.05) is 40.5 Å². The highest BCUT2D eigenvalue weighted by molar-refractivity contribution is 5.42. The minimum absolute atomic E-state index is 0.367. The molecule has 23 heavy (non-hydrogen) atoms. The Hall–Kier alpha value is -1.30. The molecule has 130 valence electrons. The number of ether oxygens (including phenoxy) is 3. The largest absolute Gasteiger partial charge is 0.493 e. The van der Waals surface area contributed by atoms with Crippen LogP contribution in [-0.4, -0.2) is 51.7 Å². The van der Waals surface area contributed by atoms with Gasteiger partial charge in [-0.3, -0.25) is 0 Å². The molecule has 0 bridgehead atoms. The van der Waals surface area contributed by atoms with Crippen molar-refractivity contribution in [3.63, 3.8) is 0 Å². The molecule has 1 unspecified atom stereocenters. The Kier molecular flexibility index (Phi) is 7.15. The van der Waals surface area contributed by atoms with E-state index < -0.39 is 6.10 Å². The zero-order chi connectivity index (χ0) is 16.7. The van der Waals surface area contributed by atoms with Crippen LogP contribution in [0, 0.1) is 5.92 Å². The normalized spacial score (nSPS) is 22.6. The van der Waals surface area contributed by atoms with Gasteiger partial charge in [0, 0.05) is 5.92 Å². The Balaban J connectivity index is 1.73. The molecule has 0 aromatic heterocycles. The third kappa shape index (κ3) is 5.68. The average molecular weight is 324 g/mol. The summed E-state index contributed by atoms with van der Waals surface area (Å²) in [5, 5.41) is 10.2. The van der Waals surface area contributed by atoms with Crippen LogP contribution < -0.4 is 14.4 Å². The Morgan fingerprint density at radius 2 is 2.04 bits per heavy atom. The van der Waals surface area contributed by atoms with Crippen molar-refractivity contribution in [1.82, 2.24) is 0 Å². The first kappa shape index (κ1) is 18.0. The van der Waals surface area contributed by atoms with Crippen molar-refractivity contribution in [3.05, 3.63) is 23.8 Å². The van der Waals surface area contributed by atoms with Gasteiger partial charge in [0.1, 0.15) is 12.6 Å². The van der Waals surface area contributed by atoms with Crippen molar-refractivity contribution < 1.29 is 24.2 Å². The van der Waals surface area contributed by atoms with Crippen LogP contribution in [0.1, 0.15) is 25.3 Å². The molecule has 0 spiro atoms. The molecule has 1 aliphatic rings. The molecule has 2 N–H and O–H groups in total. The zero-order valence-electron chi connectivity index (χ0n) is 14.5. The summed E-state index contributed by atoms with van der Waals surface area (Å²) in [7, 11) is 3.24. The van der Waals surface area contributed by atoms with Gasteiger partial charge in [-0.1, -0.05) is 13.0 Å². The number of piperidine rings is 1. The fraction of sp³-hybridized carbons (Fsp3) is 0.667. The summed E-state index contributed by atoms with van der Waals surface area (Å²) in [5.41, 5.74) is 1.01. The highest BCUT2D eigenvalue weighted by Crippen LogP contribution is 2.27. The molecule has 1 aliphatic heterocycles. The zero-order valence-corrected chi connectivity index (χ0v) is 14.5. The van der Waals surface area contributed by atoms with Crippen LogP contribution in [0.25, 0.3) is 0 Å². The molecule has 0 radical (unpaired) electrons. The number of aliphatic hydroxyl groups is 1. The van der Waals surface area contributed by atoms with Gasteiger partial charge >= 0.3 is 0 Å². The van der Waals surface area contributed by atoms with E-state index in [1.54, 1.807) is 14.2 Å². The van der Waals surface area contributed by atoms with Crippen LogP contribution in [0.3, 0.4) is 0 Å². The lowest BCUT2D eigenvalue weighted by atomic mass is 10.0. The minimum Gasteiger partial charge on any atom is -0.493 e. The summed E-state index contributed by atoms with van der Waals surface area (Å²) >= 11 is 0. The maximum absolute atomic E-state index is 10.2. The predicted molar refractivity (Wildman–Crippen MR) is 89.2 cm³/mol. The third-order valence-electron chi connectivity index (χ3n) is 4.42. The van der Waals surface area contributed by atoms with E-state index in [2.05, 4.69) is 6.92 Å². The summed E-state index contributed by atoms with van der Waals surface area (Å²) in [4.78, 5) is 1.49. The van der Waals surface area contributed by atoms with Crippen molar-refractivity contribution >= 4 is 0 Å². The molecule has 1 aromatic carbocycles. The average Bonchev–Trinajstić information content (AvgIpc) is 2.54. The smallest absolute Gasteiger partial charge is 0.161 e. The summed E-state index contributed by atoms with van der Waals surface area (Å²) < 4.78 is 16.2. The van der Waals surface area contributed by atoms with E-state index in [1.807, 2.05) is 18.2 Å². The van der Waals surface area contributed by atoms with Crippen LogP contribution in [0.2, 0.25) is 0 Å². The van der Waals surface area contributed by atoms with Crippen molar-refractivity contribution in [1.29, 1.82) is 0 Å². The van der Waals surface area contributed by atoms with Crippen molar-refractivity contribution in [3.8, 4) is 11.5 Å². The molecule has 1 fully saturated rings. The Labute approximate surface area is 139 Å². The van der Waals surface area contributed by atoms with Gasteiger partial charge < -0.3 is 24.2 Å². The van der Waals surface area contributed by atoms with Crippen LogP contribution in [0.5, 0.6) is 11.5 Å². The number of hydrogen-bond acceptors (Lipinski definition) is 4. The number of methoxy groups -OCH3 is 2. The molecule has 5 heteroatoms. The van der Waals surface area contributed by atoms with Crippen molar-refractivity contribution in [2.45, 2.75) is 32.5 Å². The lowest BCUT2D eigenvalue weighted by Gasteiger charge is -2.29. The number of quaternary nitrogens is 1. The molecule has 1 aromatic rings. The second kappa shape index (κ2) is 9.11. The second-order valence-electron chi connectivity index (χ2n) is 6.51. The minimum atomic E-state index is -0.407. The summed E-state index contributed by atoms with van der Waals surface area (Å²) in [6.45, 7) is 6.22. The molecule has 0 aliphatic carbocycles. The Bertz CT molecular complexity index is 480. The molecular formula is C18H30NO4+. The van der Waals surface area contributed by atoms with E-state index in [9.17, 15) is 5.11 Å². The maximum Gasteiger partial charge on any atom is 0.161 e. The number of rotatable bonds is 8. The summed E-state index contributed by atoms with van der Waals surface area (Å²) in [6, 6.07) is 5.72. The first-order valence-electron chi connectivity index (χ1n) is 8.42. The second-order valence-corrected chi connectivity index (χ2v) is 6.51. The standard InChI is InChI=1S/C18H29NO4/c1-14-5-4-8-19(10-14)11-16(20)13-23-12-15-6-7-17(21-2)18(9-15)22-3/h6-7,9,14,16,20H,4-5,8,10-13H2,1-3H3/p+1/t14-,16-/m0/s1. The maximum atomic E-state index is 10.2. The highest BCUT2D eigenvalue weighted by Gasteiger charge is 2.22. The molecular weight excluding hydrogens is 294 g/mol. The fourth-order valence-corrected chi connectivity index (χ4v) is 3.26. The van der Waals surface area contributed by atoms with Crippen LogP contribution in [0.4, 0.5) is 0 Å². The van der Waals surface area contributed by atoms with E-state index in [4.69, 9.17) is 14.2 Å². The summed E-state index contributed by atoms with van der Waals surface area (Å²) in [5.74, 6) is 2.17. The van der Waals surface area contributed by atoms with Crippen LogP contribution in [-0.2, 0) is 11.3 Å². The van der Waals surface area contributed by atoms with Crippen LogP contribution in [0.15, 0.2) is 18.2 Å². The Morgan fingerprint density at radius 1 is 1.26 bits per heavy atom. The van der Waals surface area contributed by atoms with E-state index in [-0.39, 0.29) is 0 Å². The molecule has 0 saturated carbocycles. The van der Waals surface area contributed by atoms with Gasteiger partial charge in [-0.15, -0.1) is 0 Å². The van der Waals surface area contributed by atoms with Gasteiger partial charge in [-0.25, -0.2) is 0 Å². The number of hydrogen-bond donors (Lipinski definition) is 2. The lowest BCUT2D eigenvalue weighted by Crippen LogP contribution is -3.14. The van der Waals surface area contributed by atoms with Gasteiger partial charge in [0.15, 0.2) is 11.5 Å². The van der Waals surface area contributed by atoms with Gasteiger partial charge in [-0.05, 0) is 30.5 Å². The first-order chi connectivity index (χ1) is 11.1. The molecule has 3 atom stereocenters. The SMILES string of the molecule is COc1ccc(COC[C@@H](O)C[NH+]2CCC[C@H](C)C2)cc1OC. The summed E-state index contributed by atoms with van der Waals surface area (Å²) in [6.07, 6.45) is 2.17. The number of benzene rings is 1. The van der Waals surface area contributed by atoms with E-state index >= 15 is 0 Å². The van der Waals surface area contributed by atoms with Crippen molar-refractivity contribution in [2.24, 2.45) is 5.92 Å². The van der Waals surface area contributed by atoms with Gasteiger partial charge in [0.2, 0.25) is 0 Å². The number of aliphatic hydroxyl groups excluding tert-OH is 1. The molecule has 0 amide bonds. The highest BCUT2D eigenvalue weighted by atomic mass is 16.5. The number of nitrogens with one attached hydrogen (secondary N) is 1. The quantitative estimate of drug-likeness (QED) is 0.746. The Morgan fingerprint density at radius 3 is 2.74 bits per heavy atom. The predicted octanol–water partition coefficient (Wildman–Crippen LogP) is 0.896. The molecule has 5 nitrogen and oxygen atoms in total. The fourth-order valence-electron chi connectivity index (χ4n) is 3.26. The number of likely N-dealkylation sites (tertiary alicyclic amines) is 1. The molecule has 1 heterocycles. The van der Waals surface area contributed by atoms with Gasteiger partial charge in [0.25, 0.3) is 0 Å². The monoisotopic (exact) mass is 324 g/mol. The molecule has 1 saturated heterocycles. The topological polar surface area (TPSA) is 52.4 Å². The van der Waals surface area contributed by atoms with E-state index in [0.717, 1.165) is 31.1 Å². The van der Waals surface area contributed by atoms with Gasteiger partial charge in [0.05, 0.1) is 40.5 Å². The third-order valence-corrected chi connectivity index (χ3v) is 4.42. The van der Waals surface area contributed by atoms with E-state index in [0.29, 0.717) is 24.7 Å². The van der Waals surface area contributed by atoms with Crippen LogP contribution >= 0.6 is 0 Å². The first-order valence-corrected chi connectivity index (χ1v) is 8.42. The van der Waals surface area contributed by atoms with E-state index in [1.165, 1.54) is 17.7 Å². The van der Waals surface area contributed by atoms with Gasteiger partial charge in [-0.2, -0.15) is 0 Å².